The fourth-order valence-corrected chi connectivity index (χ4v) is 2.80. The lowest BCUT2D eigenvalue weighted by atomic mass is 10.0. The number of nitrogens with zero attached hydrogens (tertiary/aromatic N) is 2. The van der Waals surface area contributed by atoms with Crippen LogP contribution < -0.4 is 10.6 Å². The highest BCUT2D eigenvalue weighted by Crippen LogP contribution is 2.24. The number of likely N-dealkylation sites (N-methyl/N-ethyl adjacent to an activating group) is 1. The molecule has 2 unspecified atom stereocenters. The van der Waals surface area contributed by atoms with Gasteiger partial charge in [0.25, 0.3) is 0 Å². The highest BCUT2D eigenvalue weighted by molar-refractivity contribution is 5.79. The Kier molecular flexibility index (Phi) is 7.53. The van der Waals surface area contributed by atoms with Gasteiger partial charge in [0.1, 0.15) is 23.0 Å². The number of halogens is 2. The van der Waals surface area contributed by atoms with Gasteiger partial charge in [-0.2, -0.15) is 0 Å². The first-order valence-electron chi connectivity index (χ1n) is 9.15. The second kappa shape index (κ2) is 9.66. The zero-order valence-electron chi connectivity index (χ0n) is 16.7. The Morgan fingerprint density at radius 1 is 1.21 bits per heavy atom. The summed E-state index contributed by atoms with van der Waals surface area (Å²) in [4.78, 5) is 6.12. The Morgan fingerprint density at radius 3 is 2.43 bits per heavy atom. The van der Waals surface area contributed by atoms with Crippen LogP contribution >= 0.6 is 0 Å². The molecule has 2 rings (SSSR count). The van der Waals surface area contributed by atoms with Crippen molar-refractivity contribution in [2.45, 2.75) is 25.5 Å². The van der Waals surface area contributed by atoms with Crippen LogP contribution in [0.1, 0.15) is 31.2 Å². The summed E-state index contributed by atoms with van der Waals surface area (Å²) < 4.78 is 33.7. The van der Waals surface area contributed by atoms with Gasteiger partial charge in [0.05, 0.1) is 18.8 Å². The molecule has 0 spiro atoms. The molecule has 0 amide bonds. The molecule has 1 heterocycles. The Bertz CT molecular complexity index is 756. The van der Waals surface area contributed by atoms with Gasteiger partial charge in [-0.1, -0.05) is 6.07 Å². The average Bonchev–Trinajstić information content (AvgIpc) is 3.17. The van der Waals surface area contributed by atoms with Crippen molar-refractivity contribution in [2.75, 3.05) is 33.7 Å². The van der Waals surface area contributed by atoms with Crippen molar-refractivity contribution >= 4 is 5.96 Å². The number of rotatable bonds is 8. The van der Waals surface area contributed by atoms with E-state index in [-0.39, 0.29) is 18.7 Å². The van der Waals surface area contributed by atoms with E-state index >= 15 is 0 Å². The molecule has 6 nitrogen and oxygen atoms in total. The first-order valence-corrected chi connectivity index (χ1v) is 9.15. The molecule has 2 atom stereocenters. The second-order valence-electron chi connectivity index (χ2n) is 6.94. The molecule has 28 heavy (non-hydrogen) atoms. The fraction of sp³-hybridized carbons (Fsp3) is 0.450. The minimum atomic E-state index is -1.27. The summed E-state index contributed by atoms with van der Waals surface area (Å²) in [5, 5.41) is 16.7. The maximum atomic E-state index is 14.2. The van der Waals surface area contributed by atoms with Crippen LogP contribution in [0.15, 0.2) is 46.0 Å². The highest BCUT2D eigenvalue weighted by Gasteiger charge is 2.26. The first-order chi connectivity index (χ1) is 13.3. The van der Waals surface area contributed by atoms with Gasteiger partial charge in [-0.25, -0.2) is 13.8 Å². The van der Waals surface area contributed by atoms with Crippen LogP contribution in [-0.4, -0.2) is 49.7 Å². The van der Waals surface area contributed by atoms with Gasteiger partial charge >= 0.3 is 0 Å². The summed E-state index contributed by atoms with van der Waals surface area (Å²) in [5.41, 5.74) is -1.27. The predicted molar refractivity (Wildman–Crippen MR) is 105 cm³/mol. The molecule has 1 aromatic carbocycles. The van der Waals surface area contributed by atoms with Gasteiger partial charge in [-0.3, -0.25) is 0 Å². The average molecular weight is 394 g/mol. The number of aliphatic imine (C=N–C) groups is 1. The first kappa shape index (κ1) is 21.8. The van der Waals surface area contributed by atoms with E-state index in [9.17, 15) is 13.9 Å². The van der Waals surface area contributed by atoms with Crippen molar-refractivity contribution in [1.29, 1.82) is 0 Å². The number of furan rings is 1. The minimum Gasteiger partial charge on any atom is -0.466 e. The molecule has 3 N–H and O–H groups in total. The summed E-state index contributed by atoms with van der Waals surface area (Å²) in [7, 11) is 3.51. The monoisotopic (exact) mass is 394 g/mol. The van der Waals surface area contributed by atoms with Crippen molar-refractivity contribution in [3.63, 3.8) is 0 Å². The summed E-state index contributed by atoms with van der Waals surface area (Å²) in [5.74, 6) is -0.351. The Labute approximate surface area is 164 Å². The number of nitrogens with one attached hydrogen (secondary N) is 2. The van der Waals surface area contributed by atoms with E-state index in [1.165, 1.54) is 24.5 Å². The molecule has 154 valence electrons. The van der Waals surface area contributed by atoms with Crippen molar-refractivity contribution in [3.8, 4) is 0 Å². The summed E-state index contributed by atoms with van der Waals surface area (Å²) in [6.07, 6.45) is 1.49. The lowest BCUT2D eigenvalue weighted by Crippen LogP contribution is -2.43. The van der Waals surface area contributed by atoms with Crippen LogP contribution in [0.3, 0.4) is 0 Å². The third-order valence-corrected chi connectivity index (χ3v) is 4.36. The van der Waals surface area contributed by atoms with Crippen LogP contribution in [0.4, 0.5) is 8.78 Å². The molecule has 0 aliphatic carbocycles. The van der Waals surface area contributed by atoms with E-state index in [2.05, 4.69) is 15.6 Å². The van der Waals surface area contributed by atoms with E-state index in [1.54, 1.807) is 38.1 Å². The Morgan fingerprint density at radius 2 is 1.89 bits per heavy atom. The van der Waals surface area contributed by atoms with E-state index < -0.39 is 23.3 Å². The van der Waals surface area contributed by atoms with E-state index in [0.29, 0.717) is 18.3 Å². The maximum absolute atomic E-state index is 14.2. The number of benzene rings is 1. The quantitative estimate of drug-likeness (QED) is 0.474. The van der Waals surface area contributed by atoms with E-state index in [4.69, 9.17) is 4.42 Å². The SMILES string of the molecule is CCNC(=NCC(C)(O)c1ccco1)NCC(c1c(F)cccc1F)N(C)C. The standard InChI is InChI=1S/C20H28F2N4O2/c1-5-23-19(25-13-20(2,27)17-10-7-11-28-17)24-12-16(26(3)4)18-14(21)8-6-9-15(18)22/h6-11,16,27H,5,12-13H2,1-4H3,(H2,23,24,25). The smallest absolute Gasteiger partial charge is 0.191 e. The highest BCUT2D eigenvalue weighted by atomic mass is 19.1. The Hall–Kier alpha value is -2.45. The van der Waals surface area contributed by atoms with Gasteiger partial charge in [0.15, 0.2) is 5.96 Å². The Balaban J connectivity index is 2.14. The zero-order chi connectivity index (χ0) is 20.7. The van der Waals surface area contributed by atoms with Gasteiger partial charge < -0.3 is 25.1 Å². The van der Waals surface area contributed by atoms with Crippen molar-refractivity contribution in [2.24, 2.45) is 4.99 Å². The van der Waals surface area contributed by atoms with Crippen LogP contribution in [0, 0.1) is 11.6 Å². The van der Waals surface area contributed by atoms with Crippen molar-refractivity contribution in [3.05, 3.63) is 59.6 Å². The third-order valence-electron chi connectivity index (χ3n) is 4.36. The van der Waals surface area contributed by atoms with Gasteiger partial charge in [0, 0.05) is 18.7 Å². The lowest BCUT2D eigenvalue weighted by molar-refractivity contribution is 0.0437. The summed E-state index contributed by atoms with van der Waals surface area (Å²) in [6.45, 7) is 4.38. The topological polar surface area (TPSA) is 73.0 Å². The normalized spacial score (nSPS) is 15.4. The van der Waals surface area contributed by atoms with Gasteiger partial charge in [-0.15, -0.1) is 0 Å². The fourth-order valence-electron chi connectivity index (χ4n) is 2.80. The number of aliphatic hydroxyl groups is 1. The molecule has 0 saturated carbocycles. The maximum Gasteiger partial charge on any atom is 0.191 e. The molecule has 0 radical (unpaired) electrons. The molecular formula is C20H28F2N4O2. The molecule has 2 aromatic rings. The molecule has 0 bridgehead atoms. The van der Waals surface area contributed by atoms with Crippen LogP contribution in [0.2, 0.25) is 0 Å². The van der Waals surface area contributed by atoms with Gasteiger partial charge in [0.2, 0.25) is 0 Å². The van der Waals surface area contributed by atoms with Crippen LogP contribution in [-0.2, 0) is 5.60 Å². The lowest BCUT2D eigenvalue weighted by Gasteiger charge is -2.27. The van der Waals surface area contributed by atoms with Gasteiger partial charge in [-0.05, 0) is 52.2 Å². The third kappa shape index (κ3) is 5.53. The second-order valence-corrected chi connectivity index (χ2v) is 6.94. The molecular weight excluding hydrogens is 366 g/mol. The molecule has 0 fully saturated rings. The van der Waals surface area contributed by atoms with Crippen molar-refractivity contribution < 1.29 is 18.3 Å². The van der Waals surface area contributed by atoms with Crippen molar-refractivity contribution in [1.82, 2.24) is 15.5 Å². The minimum absolute atomic E-state index is 0.00145. The molecule has 0 saturated heterocycles. The van der Waals surface area contributed by atoms with E-state index in [0.717, 1.165) is 0 Å². The summed E-state index contributed by atoms with van der Waals surface area (Å²) in [6, 6.07) is 6.66. The summed E-state index contributed by atoms with van der Waals surface area (Å²) >= 11 is 0. The molecule has 0 aliphatic rings. The van der Waals surface area contributed by atoms with E-state index in [1.807, 2.05) is 6.92 Å². The van der Waals surface area contributed by atoms with Crippen LogP contribution in [0.25, 0.3) is 0 Å². The molecule has 1 aromatic heterocycles. The van der Waals surface area contributed by atoms with Crippen LogP contribution in [0.5, 0.6) is 0 Å². The predicted octanol–water partition coefficient (Wildman–Crippen LogP) is 2.62. The number of hydrogen-bond donors (Lipinski definition) is 3. The zero-order valence-corrected chi connectivity index (χ0v) is 16.7. The largest absolute Gasteiger partial charge is 0.466 e. The number of guanidine groups is 1. The molecule has 0 aliphatic heterocycles. The number of hydrogen-bond acceptors (Lipinski definition) is 4. The molecule has 8 heteroatoms.